The summed E-state index contributed by atoms with van der Waals surface area (Å²) in [6.45, 7) is -0.558. The minimum atomic E-state index is -1.18. The lowest BCUT2D eigenvalue weighted by atomic mass is 9.96. The first-order valence-electron chi connectivity index (χ1n) is 9.31. The molecule has 1 amide bonds. The molecule has 0 unspecified atom stereocenters. The molecule has 0 aliphatic heterocycles. The highest BCUT2D eigenvalue weighted by Crippen LogP contribution is 2.38. The molecule has 0 bridgehead atoms. The second-order valence-corrected chi connectivity index (χ2v) is 6.75. The van der Waals surface area contributed by atoms with E-state index in [-0.39, 0.29) is 11.3 Å². The normalized spacial score (nSPS) is 10.7. The molecule has 0 aliphatic carbocycles. The van der Waals surface area contributed by atoms with Crippen LogP contribution in [-0.4, -0.2) is 33.6 Å². The summed E-state index contributed by atoms with van der Waals surface area (Å²) in [5.74, 6) is -2.11. The lowest BCUT2D eigenvalue weighted by Gasteiger charge is -2.14. The van der Waals surface area contributed by atoms with Crippen LogP contribution in [0.1, 0.15) is 10.4 Å². The van der Waals surface area contributed by atoms with Gasteiger partial charge in [-0.2, -0.15) is 0 Å². The Labute approximate surface area is 172 Å². The molecule has 0 radical (unpaired) electrons. The molecule has 1 aromatic heterocycles. The van der Waals surface area contributed by atoms with Crippen molar-refractivity contribution in [1.82, 2.24) is 10.3 Å². The van der Waals surface area contributed by atoms with Gasteiger partial charge >= 0.3 is 5.97 Å². The van der Waals surface area contributed by atoms with E-state index in [1.54, 1.807) is 12.3 Å². The molecule has 1 heterocycles. The Morgan fingerprint density at radius 2 is 1.50 bits per heavy atom. The molecule has 3 aromatic carbocycles. The van der Waals surface area contributed by atoms with Crippen molar-refractivity contribution in [2.75, 3.05) is 6.54 Å². The number of carbonyl (C=O) groups excluding carboxylic acids is 1. The number of carboxylic acids is 1. The van der Waals surface area contributed by atoms with Crippen molar-refractivity contribution < 1.29 is 19.8 Å². The fraction of sp³-hybridized carbons (Fsp3) is 0.0417. The summed E-state index contributed by atoms with van der Waals surface area (Å²) in [5.41, 5.74) is 3.29. The quantitative estimate of drug-likeness (QED) is 0.470. The molecule has 0 spiro atoms. The van der Waals surface area contributed by atoms with Gasteiger partial charge in [-0.05, 0) is 23.3 Å². The smallest absolute Gasteiger partial charge is 0.322 e. The highest BCUT2D eigenvalue weighted by molar-refractivity contribution is 6.11. The molecule has 6 heteroatoms. The number of rotatable bonds is 5. The summed E-state index contributed by atoms with van der Waals surface area (Å²) < 4.78 is 0. The summed E-state index contributed by atoms with van der Waals surface area (Å²) in [4.78, 5) is 28.1. The van der Waals surface area contributed by atoms with Gasteiger partial charge in [-0.15, -0.1) is 0 Å². The van der Waals surface area contributed by atoms with Gasteiger partial charge in [0.2, 0.25) is 0 Å². The first-order chi connectivity index (χ1) is 14.5. The molecule has 0 fully saturated rings. The highest BCUT2D eigenvalue weighted by Gasteiger charge is 2.22. The largest absolute Gasteiger partial charge is 0.506 e. The van der Waals surface area contributed by atoms with E-state index in [9.17, 15) is 14.7 Å². The fourth-order valence-corrected chi connectivity index (χ4v) is 3.36. The molecule has 30 heavy (non-hydrogen) atoms. The average Bonchev–Trinajstić information content (AvgIpc) is 2.78. The number of amides is 1. The maximum Gasteiger partial charge on any atom is 0.322 e. The van der Waals surface area contributed by atoms with Crippen LogP contribution >= 0.6 is 0 Å². The summed E-state index contributed by atoms with van der Waals surface area (Å²) in [5, 5.41) is 22.8. The van der Waals surface area contributed by atoms with Crippen LogP contribution in [0.15, 0.2) is 79.0 Å². The number of nitrogens with zero attached hydrogens (tertiary/aromatic N) is 1. The van der Waals surface area contributed by atoms with Crippen LogP contribution in [0.3, 0.4) is 0 Å². The van der Waals surface area contributed by atoms with Crippen LogP contribution in [0.25, 0.3) is 33.2 Å². The van der Waals surface area contributed by atoms with Crippen LogP contribution in [0, 0.1) is 0 Å². The number of aliphatic carboxylic acids is 1. The molecule has 0 saturated heterocycles. The van der Waals surface area contributed by atoms with Crippen LogP contribution in [0.5, 0.6) is 5.75 Å². The summed E-state index contributed by atoms with van der Waals surface area (Å²) in [6.07, 6.45) is 1.63. The number of benzene rings is 3. The Morgan fingerprint density at radius 1 is 0.867 bits per heavy atom. The molecule has 3 N–H and O–H groups in total. The van der Waals surface area contributed by atoms with Crippen molar-refractivity contribution in [3.05, 3.63) is 84.6 Å². The number of fused-ring (bicyclic) bond motifs is 1. The Hall–Kier alpha value is -4.19. The minimum Gasteiger partial charge on any atom is -0.506 e. The van der Waals surface area contributed by atoms with E-state index < -0.39 is 18.4 Å². The standard InChI is InChI=1S/C24H18N2O4/c27-20(28)14-26-24(30)21-22-17(11-18(13-25-22)15-7-3-1-4-8-15)12-19(23(21)29)16-9-5-2-6-10-16/h1-13,29H,14H2,(H,26,30)(H,27,28). The van der Waals surface area contributed by atoms with Gasteiger partial charge in [0.05, 0.1) is 5.52 Å². The molecule has 148 valence electrons. The van der Waals surface area contributed by atoms with Crippen LogP contribution in [0.4, 0.5) is 0 Å². The van der Waals surface area contributed by atoms with Crippen LogP contribution < -0.4 is 5.32 Å². The number of carbonyl (C=O) groups is 2. The van der Waals surface area contributed by atoms with Crippen molar-refractivity contribution in [2.45, 2.75) is 0 Å². The lowest BCUT2D eigenvalue weighted by molar-refractivity contribution is -0.135. The topological polar surface area (TPSA) is 99.5 Å². The molecule has 4 aromatic rings. The predicted octanol–water partition coefficient (Wildman–Crippen LogP) is 4.09. The number of hydrogen-bond acceptors (Lipinski definition) is 4. The number of pyridine rings is 1. The van der Waals surface area contributed by atoms with E-state index in [0.29, 0.717) is 16.5 Å². The number of phenols is 1. The summed E-state index contributed by atoms with van der Waals surface area (Å²) >= 11 is 0. The minimum absolute atomic E-state index is 0.0489. The van der Waals surface area contributed by atoms with Crippen LogP contribution in [-0.2, 0) is 4.79 Å². The highest BCUT2D eigenvalue weighted by atomic mass is 16.4. The molecule has 0 atom stereocenters. The van der Waals surface area contributed by atoms with Gasteiger partial charge in [-0.3, -0.25) is 14.6 Å². The summed E-state index contributed by atoms with van der Waals surface area (Å²) in [6, 6.07) is 22.6. The Balaban J connectivity index is 1.94. The number of phenolic OH excluding ortho intramolecular Hbond substituents is 1. The first kappa shape index (κ1) is 19.1. The van der Waals surface area contributed by atoms with E-state index in [0.717, 1.165) is 16.7 Å². The fourth-order valence-electron chi connectivity index (χ4n) is 3.36. The molecule has 6 nitrogen and oxygen atoms in total. The Morgan fingerprint density at radius 3 is 2.13 bits per heavy atom. The first-order valence-corrected chi connectivity index (χ1v) is 9.31. The van der Waals surface area contributed by atoms with Crippen LogP contribution in [0.2, 0.25) is 0 Å². The van der Waals surface area contributed by atoms with Crippen molar-refractivity contribution in [2.24, 2.45) is 0 Å². The van der Waals surface area contributed by atoms with Gasteiger partial charge in [0.1, 0.15) is 17.9 Å². The second kappa shape index (κ2) is 8.05. The number of aromatic hydroxyl groups is 1. The number of carboxylic acid groups (broad SMARTS) is 1. The lowest BCUT2D eigenvalue weighted by Crippen LogP contribution is -2.29. The van der Waals surface area contributed by atoms with E-state index in [1.165, 1.54) is 0 Å². The third-order valence-corrected chi connectivity index (χ3v) is 4.76. The number of aromatic nitrogens is 1. The molecule has 0 saturated carbocycles. The van der Waals surface area contributed by atoms with E-state index in [4.69, 9.17) is 5.11 Å². The zero-order chi connectivity index (χ0) is 21.1. The van der Waals surface area contributed by atoms with Gasteiger partial charge in [0, 0.05) is 22.7 Å². The van der Waals surface area contributed by atoms with Gasteiger partial charge in [-0.25, -0.2) is 0 Å². The van der Waals surface area contributed by atoms with Crippen molar-refractivity contribution in [1.29, 1.82) is 0 Å². The van der Waals surface area contributed by atoms with Gasteiger partial charge in [0.25, 0.3) is 5.91 Å². The zero-order valence-corrected chi connectivity index (χ0v) is 15.9. The van der Waals surface area contributed by atoms with Gasteiger partial charge < -0.3 is 15.5 Å². The summed E-state index contributed by atoms with van der Waals surface area (Å²) in [7, 11) is 0. The molecular formula is C24H18N2O4. The zero-order valence-electron chi connectivity index (χ0n) is 15.9. The maximum atomic E-state index is 12.7. The third kappa shape index (κ3) is 3.71. The molecule has 0 aliphatic rings. The Kier molecular flexibility index (Phi) is 5.13. The third-order valence-electron chi connectivity index (χ3n) is 4.76. The number of hydrogen-bond donors (Lipinski definition) is 3. The SMILES string of the molecule is O=C(O)CNC(=O)c1c(O)c(-c2ccccc2)cc2cc(-c3ccccc3)cnc12. The van der Waals surface area contributed by atoms with Gasteiger partial charge in [0.15, 0.2) is 0 Å². The van der Waals surface area contributed by atoms with Crippen molar-refractivity contribution >= 4 is 22.8 Å². The van der Waals surface area contributed by atoms with Crippen molar-refractivity contribution in [3.63, 3.8) is 0 Å². The number of nitrogens with one attached hydrogen (secondary N) is 1. The predicted molar refractivity (Wildman–Crippen MR) is 114 cm³/mol. The van der Waals surface area contributed by atoms with Crippen molar-refractivity contribution in [3.8, 4) is 28.0 Å². The van der Waals surface area contributed by atoms with Gasteiger partial charge in [-0.1, -0.05) is 60.7 Å². The van der Waals surface area contributed by atoms with E-state index in [2.05, 4.69) is 10.3 Å². The molecule has 4 rings (SSSR count). The monoisotopic (exact) mass is 398 g/mol. The molecular weight excluding hydrogens is 380 g/mol. The Bertz CT molecular complexity index is 1240. The second-order valence-electron chi connectivity index (χ2n) is 6.75. The maximum absolute atomic E-state index is 12.7. The van der Waals surface area contributed by atoms with E-state index >= 15 is 0 Å². The van der Waals surface area contributed by atoms with E-state index in [1.807, 2.05) is 66.7 Å². The average molecular weight is 398 g/mol.